The van der Waals surface area contributed by atoms with Crippen LogP contribution in [-0.4, -0.2) is 19.1 Å². The normalized spacial score (nSPS) is 9.94. The van der Waals surface area contributed by atoms with E-state index in [1.807, 2.05) is 0 Å². The number of anilines is 1. The molecule has 0 saturated heterocycles. The van der Waals surface area contributed by atoms with E-state index in [2.05, 4.69) is 5.32 Å². The lowest BCUT2D eigenvalue weighted by atomic mass is 10.2. The summed E-state index contributed by atoms with van der Waals surface area (Å²) in [5, 5.41) is 2.96. The van der Waals surface area contributed by atoms with E-state index in [4.69, 9.17) is 4.74 Å². The van der Waals surface area contributed by atoms with Gasteiger partial charge in [-0.1, -0.05) is 6.07 Å². The number of aryl methyl sites for hydroxylation is 1. The molecule has 1 aromatic carbocycles. The van der Waals surface area contributed by atoms with E-state index in [9.17, 15) is 9.18 Å². The summed E-state index contributed by atoms with van der Waals surface area (Å²) in [6, 6.07) is 4.89. The van der Waals surface area contributed by atoms with Gasteiger partial charge in [0.25, 0.3) is 0 Å². The molecule has 4 heteroatoms. The van der Waals surface area contributed by atoms with E-state index >= 15 is 0 Å². The van der Waals surface area contributed by atoms with Crippen LogP contribution in [0.2, 0.25) is 0 Å². The average molecular weight is 225 g/mol. The monoisotopic (exact) mass is 225 g/mol. The Morgan fingerprint density at radius 1 is 1.50 bits per heavy atom. The molecule has 0 aliphatic rings. The molecule has 0 heterocycles. The summed E-state index contributed by atoms with van der Waals surface area (Å²) in [6.07, 6.45) is 0.281. The molecule has 88 valence electrons. The molecular formula is C12H16FNO2. The molecule has 0 saturated carbocycles. The van der Waals surface area contributed by atoms with Crippen LogP contribution in [0.3, 0.4) is 0 Å². The van der Waals surface area contributed by atoms with Crippen molar-refractivity contribution in [1.29, 1.82) is 0 Å². The molecule has 1 N–H and O–H groups in total. The second-order valence-electron chi connectivity index (χ2n) is 3.45. The van der Waals surface area contributed by atoms with Gasteiger partial charge in [-0.3, -0.25) is 4.79 Å². The minimum Gasteiger partial charge on any atom is -0.466 e. The van der Waals surface area contributed by atoms with Gasteiger partial charge in [-0.2, -0.15) is 0 Å². The van der Waals surface area contributed by atoms with Gasteiger partial charge in [-0.05, 0) is 31.5 Å². The summed E-state index contributed by atoms with van der Waals surface area (Å²) in [5.41, 5.74) is 1.28. The molecule has 0 bridgehead atoms. The number of nitrogens with one attached hydrogen (secondary N) is 1. The molecule has 16 heavy (non-hydrogen) atoms. The molecule has 0 fully saturated rings. The lowest BCUT2D eigenvalue weighted by molar-refractivity contribution is -0.142. The maximum Gasteiger partial charge on any atom is 0.307 e. The molecule has 0 aromatic heterocycles. The molecule has 3 nitrogen and oxygen atoms in total. The number of carbonyl (C=O) groups is 1. The Balaban J connectivity index is 2.37. The van der Waals surface area contributed by atoms with Gasteiger partial charge in [-0.15, -0.1) is 0 Å². The van der Waals surface area contributed by atoms with Gasteiger partial charge in [0.1, 0.15) is 5.82 Å². The Kier molecular flexibility index (Phi) is 4.76. The van der Waals surface area contributed by atoms with E-state index in [0.717, 1.165) is 0 Å². The number of benzene rings is 1. The second-order valence-corrected chi connectivity index (χ2v) is 3.45. The third-order valence-electron chi connectivity index (χ3n) is 2.14. The molecule has 0 spiro atoms. The first-order valence-electron chi connectivity index (χ1n) is 5.29. The van der Waals surface area contributed by atoms with E-state index in [0.29, 0.717) is 24.4 Å². The molecule has 1 rings (SSSR count). The van der Waals surface area contributed by atoms with Gasteiger partial charge >= 0.3 is 5.97 Å². The van der Waals surface area contributed by atoms with Crippen LogP contribution in [-0.2, 0) is 9.53 Å². The van der Waals surface area contributed by atoms with Crippen LogP contribution in [0.15, 0.2) is 18.2 Å². The van der Waals surface area contributed by atoms with Gasteiger partial charge in [0.15, 0.2) is 0 Å². The van der Waals surface area contributed by atoms with Gasteiger partial charge in [0.05, 0.1) is 13.0 Å². The summed E-state index contributed by atoms with van der Waals surface area (Å²) in [4.78, 5) is 11.0. The fourth-order valence-corrected chi connectivity index (χ4v) is 1.24. The van der Waals surface area contributed by atoms with Gasteiger partial charge in [0, 0.05) is 12.2 Å². The zero-order valence-corrected chi connectivity index (χ0v) is 9.55. The van der Waals surface area contributed by atoms with E-state index in [1.165, 1.54) is 6.07 Å². The molecule has 0 unspecified atom stereocenters. The largest absolute Gasteiger partial charge is 0.466 e. The van der Waals surface area contributed by atoms with Crippen molar-refractivity contribution in [3.63, 3.8) is 0 Å². The van der Waals surface area contributed by atoms with E-state index in [1.54, 1.807) is 26.0 Å². The number of rotatable bonds is 5. The Labute approximate surface area is 94.6 Å². The van der Waals surface area contributed by atoms with Crippen molar-refractivity contribution < 1.29 is 13.9 Å². The predicted octanol–water partition coefficient (Wildman–Crippen LogP) is 2.50. The molecule has 1 aromatic rings. The maximum atomic E-state index is 13.2. The third-order valence-corrected chi connectivity index (χ3v) is 2.14. The van der Waals surface area contributed by atoms with Crippen molar-refractivity contribution in [1.82, 2.24) is 0 Å². The van der Waals surface area contributed by atoms with Crippen LogP contribution in [0.4, 0.5) is 10.1 Å². The number of esters is 1. The lowest BCUT2D eigenvalue weighted by Gasteiger charge is -2.07. The first kappa shape index (κ1) is 12.5. The SMILES string of the molecule is CCOC(=O)CCNc1ccc(C)c(F)c1. The van der Waals surface area contributed by atoms with E-state index < -0.39 is 0 Å². The zero-order chi connectivity index (χ0) is 12.0. The number of hydrogen-bond donors (Lipinski definition) is 1. The van der Waals surface area contributed by atoms with E-state index in [-0.39, 0.29) is 18.2 Å². The van der Waals surface area contributed by atoms with Gasteiger partial charge in [0.2, 0.25) is 0 Å². The molecule has 0 aliphatic carbocycles. The van der Waals surface area contributed by atoms with Crippen molar-refractivity contribution >= 4 is 11.7 Å². The van der Waals surface area contributed by atoms with Gasteiger partial charge < -0.3 is 10.1 Å². The fourth-order valence-electron chi connectivity index (χ4n) is 1.24. The summed E-state index contributed by atoms with van der Waals surface area (Å²) in [6.45, 7) is 4.30. The standard InChI is InChI=1S/C12H16FNO2/c1-3-16-12(15)6-7-14-10-5-4-9(2)11(13)8-10/h4-5,8,14H,3,6-7H2,1-2H3. The Morgan fingerprint density at radius 2 is 2.25 bits per heavy atom. The van der Waals surface area contributed by atoms with Crippen LogP contribution in [0.25, 0.3) is 0 Å². The highest BCUT2D eigenvalue weighted by atomic mass is 19.1. The summed E-state index contributed by atoms with van der Waals surface area (Å²) in [7, 11) is 0. The van der Waals surface area contributed by atoms with Crippen molar-refractivity contribution in [3.05, 3.63) is 29.6 Å². The topological polar surface area (TPSA) is 38.3 Å². The second kappa shape index (κ2) is 6.10. The smallest absolute Gasteiger partial charge is 0.307 e. The summed E-state index contributed by atoms with van der Waals surface area (Å²) >= 11 is 0. The molecule has 0 amide bonds. The van der Waals surface area contributed by atoms with Crippen LogP contribution in [0.1, 0.15) is 18.9 Å². The highest BCUT2D eigenvalue weighted by Crippen LogP contribution is 2.13. The summed E-state index contributed by atoms with van der Waals surface area (Å²) in [5.74, 6) is -0.497. The number of ether oxygens (including phenoxy) is 1. The van der Waals surface area contributed by atoms with Crippen molar-refractivity contribution in [3.8, 4) is 0 Å². The van der Waals surface area contributed by atoms with Crippen LogP contribution >= 0.6 is 0 Å². The van der Waals surface area contributed by atoms with Crippen LogP contribution in [0.5, 0.6) is 0 Å². The Morgan fingerprint density at radius 3 is 2.88 bits per heavy atom. The highest BCUT2D eigenvalue weighted by molar-refractivity contribution is 5.70. The zero-order valence-electron chi connectivity index (χ0n) is 9.55. The van der Waals surface area contributed by atoms with Crippen LogP contribution in [0, 0.1) is 12.7 Å². The Hall–Kier alpha value is -1.58. The highest BCUT2D eigenvalue weighted by Gasteiger charge is 2.02. The molecule has 0 radical (unpaired) electrons. The number of halogens is 1. The van der Waals surface area contributed by atoms with Crippen molar-refractivity contribution in [2.45, 2.75) is 20.3 Å². The Bertz CT molecular complexity index is 366. The van der Waals surface area contributed by atoms with Crippen molar-refractivity contribution in [2.24, 2.45) is 0 Å². The minimum absolute atomic E-state index is 0.248. The predicted molar refractivity (Wildman–Crippen MR) is 60.9 cm³/mol. The van der Waals surface area contributed by atoms with Crippen LogP contribution < -0.4 is 5.32 Å². The summed E-state index contributed by atoms with van der Waals surface area (Å²) < 4.78 is 17.9. The number of carbonyl (C=O) groups excluding carboxylic acids is 1. The molecule has 0 aliphatic heterocycles. The van der Waals surface area contributed by atoms with Gasteiger partial charge in [-0.25, -0.2) is 4.39 Å². The molecular weight excluding hydrogens is 209 g/mol. The average Bonchev–Trinajstić information content (AvgIpc) is 2.24. The lowest BCUT2D eigenvalue weighted by Crippen LogP contribution is -2.11. The first-order chi connectivity index (χ1) is 7.63. The minimum atomic E-state index is -0.249. The quantitative estimate of drug-likeness (QED) is 0.782. The first-order valence-corrected chi connectivity index (χ1v) is 5.29. The fraction of sp³-hybridized carbons (Fsp3) is 0.417. The van der Waals surface area contributed by atoms with Crippen molar-refractivity contribution in [2.75, 3.05) is 18.5 Å². The molecule has 0 atom stereocenters. The third kappa shape index (κ3) is 3.88. The maximum absolute atomic E-state index is 13.2. The number of hydrogen-bond acceptors (Lipinski definition) is 3.